The van der Waals surface area contributed by atoms with Gasteiger partial charge >= 0.3 is 5.97 Å². The summed E-state index contributed by atoms with van der Waals surface area (Å²) in [5.74, 6) is 0.631. The first-order valence-corrected chi connectivity index (χ1v) is 12.0. The molecule has 0 atom stereocenters. The SMILES string of the molecule is CC(=O)OCCc1cnc2c(-c3cnc(NCc4c(F)ccc5c4CCO5)n4cnnc34)ccc(C)n12. The maximum Gasteiger partial charge on any atom is 0.302 e. The molecule has 5 heterocycles. The van der Waals surface area contributed by atoms with Crippen LogP contribution in [0.25, 0.3) is 22.4 Å². The van der Waals surface area contributed by atoms with Gasteiger partial charge in [0.2, 0.25) is 5.95 Å². The normalized spacial score (nSPS) is 12.6. The Morgan fingerprint density at radius 3 is 2.92 bits per heavy atom. The molecule has 0 unspecified atom stereocenters. The molecule has 0 saturated carbocycles. The number of hydrogen-bond donors (Lipinski definition) is 1. The van der Waals surface area contributed by atoms with Gasteiger partial charge in [0, 0.05) is 72.3 Å². The summed E-state index contributed by atoms with van der Waals surface area (Å²) in [5.41, 5.74) is 6.31. The fraction of sp³-hybridized carbons (Fsp3) is 0.269. The van der Waals surface area contributed by atoms with Gasteiger partial charge in [-0.3, -0.25) is 9.20 Å². The van der Waals surface area contributed by atoms with Crippen LogP contribution in [0, 0.1) is 12.7 Å². The first-order chi connectivity index (χ1) is 18.0. The fourth-order valence-electron chi connectivity index (χ4n) is 4.82. The topological polar surface area (TPSA) is 108 Å². The number of hydrogen-bond acceptors (Lipinski definition) is 8. The van der Waals surface area contributed by atoms with E-state index in [0.29, 0.717) is 36.6 Å². The van der Waals surface area contributed by atoms with Crippen molar-refractivity contribution in [2.75, 3.05) is 18.5 Å². The van der Waals surface area contributed by atoms with Crippen molar-refractivity contribution in [2.24, 2.45) is 0 Å². The van der Waals surface area contributed by atoms with Gasteiger partial charge < -0.3 is 19.2 Å². The lowest BCUT2D eigenvalue weighted by molar-refractivity contribution is -0.140. The number of nitrogens with zero attached hydrogens (tertiary/aromatic N) is 6. The Balaban J connectivity index is 1.34. The van der Waals surface area contributed by atoms with Crippen molar-refractivity contribution in [1.82, 2.24) is 29.0 Å². The Hall–Kier alpha value is -4.54. The highest BCUT2D eigenvalue weighted by Gasteiger charge is 2.21. The van der Waals surface area contributed by atoms with Gasteiger partial charge in [-0.05, 0) is 31.2 Å². The van der Waals surface area contributed by atoms with E-state index in [4.69, 9.17) is 9.47 Å². The molecule has 0 aliphatic carbocycles. The number of anilines is 1. The Kier molecular flexibility index (Phi) is 5.67. The van der Waals surface area contributed by atoms with E-state index in [0.717, 1.165) is 39.5 Å². The number of carbonyl (C=O) groups excluding carboxylic acids is 1. The second-order valence-electron chi connectivity index (χ2n) is 8.86. The average Bonchev–Trinajstić information content (AvgIpc) is 3.64. The van der Waals surface area contributed by atoms with Gasteiger partial charge in [-0.15, -0.1) is 10.2 Å². The summed E-state index contributed by atoms with van der Waals surface area (Å²) in [5, 5.41) is 11.7. The molecule has 10 nitrogen and oxygen atoms in total. The van der Waals surface area contributed by atoms with Crippen LogP contribution >= 0.6 is 0 Å². The maximum atomic E-state index is 14.6. The molecule has 1 aliphatic heterocycles. The zero-order valence-corrected chi connectivity index (χ0v) is 20.4. The number of pyridine rings is 1. The number of halogens is 1. The predicted molar refractivity (Wildman–Crippen MR) is 133 cm³/mol. The highest BCUT2D eigenvalue weighted by atomic mass is 19.1. The van der Waals surface area contributed by atoms with E-state index in [1.54, 1.807) is 29.2 Å². The molecule has 4 aromatic heterocycles. The quantitative estimate of drug-likeness (QED) is 0.338. The van der Waals surface area contributed by atoms with Gasteiger partial charge in [-0.2, -0.15) is 0 Å². The Morgan fingerprint density at radius 1 is 1.16 bits per heavy atom. The first kappa shape index (κ1) is 22.9. The lowest BCUT2D eigenvalue weighted by Crippen LogP contribution is -2.10. The monoisotopic (exact) mass is 501 g/mol. The van der Waals surface area contributed by atoms with Crippen molar-refractivity contribution in [3.05, 3.63) is 71.3 Å². The number of carbonyl (C=O) groups is 1. The average molecular weight is 502 g/mol. The molecule has 0 fully saturated rings. The minimum Gasteiger partial charge on any atom is -0.493 e. The van der Waals surface area contributed by atoms with Gasteiger partial charge in [-0.25, -0.2) is 14.4 Å². The van der Waals surface area contributed by atoms with Crippen molar-refractivity contribution in [3.63, 3.8) is 0 Å². The number of esters is 1. The van der Waals surface area contributed by atoms with Gasteiger partial charge in [0.25, 0.3) is 0 Å². The van der Waals surface area contributed by atoms with E-state index in [1.807, 2.05) is 23.5 Å². The van der Waals surface area contributed by atoms with E-state index in [1.165, 1.54) is 13.0 Å². The second kappa shape index (κ2) is 9.16. The van der Waals surface area contributed by atoms with E-state index in [2.05, 4.69) is 25.5 Å². The molecular weight excluding hydrogens is 477 g/mol. The number of imidazole rings is 1. The van der Waals surface area contributed by atoms with Crippen LogP contribution in [-0.2, 0) is 28.9 Å². The molecule has 0 saturated heterocycles. The van der Waals surface area contributed by atoms with Gasteiger partial charge in [0.05, 0.1) is 13.2 Å². The number of rotatable bonds is 7. The van der Waals surface area contributed by atoms with Crippen molar-refractivity contribution >= 4 is 23.2 Å². The highest BCUT2D eigenvalue weighted by molar-refractivity contribution is 5.86. The van der Waals surface area contributed by atoms with E-state index in [-0.39, 0.29) is 24.9 Å². The van der Waals surface area contributed by atoms with Crippen molar-refractivity contribution in [1.29, 1.82) is 0 Å². The molecule has 188 valence electrons. The standard InChI is InChI=1S/C26H24FN7O3/c1-15-3-4-19(24-28-11-17(34(15)24)7-9-36-16(2)35)21-13-30-26(33-14-31-32-25(21)33)29-12-20-18-8-10-37-23(18)6-5-22(20)27/h3-6,11,13-14H,7-10,12H2,1-2H3,(H,29,30). The molecule has 0 bridgehead atoms. The zero-order valence-electron chi connectivity index (χ0n) is 20.4. The van der Waals surface area contributed by atoms with Crippen LogP contribution in [0.2, 0.25) is 0 Å². The first-order valence-electron chi connectivity index (χ1n) is 12.0. The molecule has 0 radical (unpaired) electrons. The molecule has 1 aromatic carbocycles. The van der Waals surface area contributed by atoms with E-state index >= 15 is 0 Å². The Morgan fingerprint density at radius 2 is 2.05 bits per heavy atom. The largest absolute Gasteiger partial charge is 0.493 e. The molecule has 0 spiro atoms. The maximum absolute atomic E-state index is 14.6. The van der Waals surface area contributed by atoms with Crippen LogP contribution in [-0.4, -0.2) is 48.1 Å². The zero-order chi connectivity index (χ0) is 25.5. The number of nitrogens with one attached hydrogen (secondary N) is 1. The number of benzene rings is 1. The summed E-state index contributed by atoms with van der Waals surface area (Å²) in [7, 11) is 0. The number of ether oxygens (including phenoxy) is 2. The summed E-state index contributed by atoms with van der Waals surface area (Å²) in [4.78, 5) is 20.4. The fourth-order valence-corrected chi connectivity index (χ4v) is 4.82. The molecule has 1 N–H and O–H groups in total. The molecule has 5 aromatic rings. The molecule has 0 amide bonds. The number of fused-ring (bicyclic) bond motifs is 3. The summed E-state index contributed by atoms with van der Waals surface area (Å²) in [6.45, 7) is 4.47. The summed E-state index contributed by atoms with van der Waals surface area (Å²) in [6, 6.07) is 7.08. The Labute approximate surface area is 211 Å². The van der Waals surface area contributed by atoms with Gasteiger partial charge in [0.1, 0.15) is 23.5 Å². The predicted octanol–water partition coefficient (Wildman–Crippen LogP) is 3.54. The van der Waals surface area contributed by atoms with Crippen LogP contribution in [0.1, 0.15) is 29.4 Å². The van der Waals surface area contributed by atoms with Gasteiger partial charge in [-0.1, -0.05) is 0 Å². The van der Waals surface area contributed by atoms with Gasteiger partial charge in [0.15, 0.2) is 5.65 Å². The van der Waals surface area contributed by atoms with Crippen LogP contribution in [0.3, 0.4) is 0 Å². The lowest BCUT2D eigenvalue weighted by atomic mass is 10.0. The van der Waals surface area contributed by atoms with Crippen LogP contribution < -0.4 is 10.1 Å². The Bertz CT molecular complexity index is 1660. The third-order valence-corrected chi connectivity index (χ3v) is 6.57. The van der Waals surface area contributed by atoms with Crippen LogP contribution in [0.5, 0.6) is 5.75 Å². The molecule has 37 heavy (non-hydrogen) atoms. The number of aryl methyl sites for hydroxylation is 1. The van der Waals surface area contributed by atoms with Crippen LogP contribution in [0.4, 0.5) is 10.3 Å². The van der Waals surface area contributed by atoms with E-state index in [9.17, 15) is 9.18 Å². The lowest BCUT2D eigenvalue weighted by Gasteiger charge is -2.13. The summed E-state index contributed by atoms with van der Waals surface area (Å²) >= 11 is 0. The highest BCUT2D eigenvalue weighted by Crippen LogP contribution is 2.32. The third-order valence-electron chi connectivity index (χ3n) is 6.57. The van der Waals surface area contributed by atoms with Crippen molar-refractivity contribution in [2.45, 2.75) is 33.2 Å². The number of aromatic nitrogens is 6. The van der Waals surface area contributed by atoms with E-state index < -0.39 is 0 Å². The summed E-state index contributed by atoms with van der Waals surface area (Å²) < 4.78 is 29.1. The van der Waals surface area contributed by atoms with Crippen molar-refractivity contribution < 1.29 is 18.7 Å². The van der Waals surface area contributed by atoms with Crippen LogP contribution in [0.15, 0.2) is 43.0 Å². The third kappa shape index (κ3) is 4.02. The second-order valence-corrected chi connectivity index (χ2v) is 8.86. The molecular formula is C26H24FN7O3. The minimum atomic E-state index is -0.312. The summed E-state index contributed by atoms with van der Waals surface area (Å²) in [6.07, 6.45) is 6.30. The minimum absolute atomic E-state index is 0.249. The molecule has 11 heteroatoms. The smallest absolute Gasteiger partial charge is 0.302 e. The molecule has 1 aliphatic rings. The van der Waals surface area contributed by atoms with Crippen molar-refractivity contribution in [3.8, 4) is 16.9 Å². The molecule has 6 rings (SSSR count).